The van der Waals surface area contributed by atoms with Crippen molar-refractivity contribution in [1.82, 2.24) is 9.80 Å². The van der Waals surface area contributed by atoms with Crippen molar-refractivity contribution in [3.63, 3.8) is 0 Å². The van der Waals surface area contributed by atoms with Gasteiger partial charge in [0.15, 0.2) is 0 Å². The van der Waals surface area contributed by atoms with Gasteiger partial charge < -0.3 is 14.4 Å². The van der Waals surface area contributed by atoms with E-state index in [1.165, 1.54) is 77.0 Å². The highest BCUT2D eigenvalue weighted by atomic mass is 16.5. The molecule has 2 atom stereocenters. The van der Waals surface area contributed by atoms with Gasteiger partial charge in [0.25, 0.3) is 0 Å². The summed E-state index contributed by atoms with van der Waals surface area (Å²) in [5.41, 5.74) is 0. The van der Waals surface area contributed by atoms with Crippen molar-refractivity contribution in [2.45, 2.75) is 175 Å². The van der Waals surface area contributed by atoms with E-state index < -0.39 is 0 Å². The number of esters is 2. The second kappa shape index (κ2) is 37.6. The van der Waals surface area contributed by atoms with E-state index in [2.05, 4.69) is 80.9 Å². The Bertz CT molecular complexity index is 1050. The number of likely N-dealkylation sites (tertiary alicyclic amines) is 1. The Morgan fingerprint density at radius 3 is 1.41 bits per heavy atom. The average Bonchev–Trinajstić information content (AvgIpc) is 3.55. The van der Waals surface area contributed by atoms with Crippen LogP contribution in [0.3, 0.4) is 0 Å². The summed E-state index contributed by atoms with van der Waals surface area (Å²) in [5.74, 6) is 0.375. The van der Waals surface area contributed by atoms with Crippen LogP contribution in [0.5, 0.6) is 0 Å². The summed E-state index contributed by atoms with van der Waals surface area (Å²) in [6.45, 7) is 13.5. The second-order valence-corrected chi connectivity index (χ2v) is 15.9. The quantitative estimate of drug-likeness (QED) is 0.0355. The molecule has 7 nitrogen and oxygen atoms in total. The summed E-state index contributed by atoms with van der Waals surface area (Å²) in [5, 5.41) is 0. The third-order valence-electron chi connectivity index (χ3n) is 10.7. The van der Waals surface area contributed by atoms with E-state index in [1.54, 1.807) is 4.90 Å². The molecule has 0 unspecified atom stereocenters. The number of rotatable bonds is 37. The van der Waals surface area contributed by atoms with Gasteiger partial charge in [-0.05, 0) is 88.9 Å². The highest BCUT2D eigenvalue weighted by molar-refractivity contribution is 5.78. The van der Waals surface area contributed by atoms with Crippen LogP contribution in [0, 0.1) is 11.8 Å². The van der Waals surface area contributed by atoms with Gasteiger partial charge in [0, 0.05) is 25.9 Å². The fourth-order valence-electron chi connectivity index (χ4n) is 7.03. The summed E-state index contributed by atoms with van der Waals surface area (Å²) >= 11 is 0. The van der Waals surface area contributed by atoms with Crippen molar-refractivity contribution in [1.29, 1.82) is 0 Å². The number of ether oxygens (including phenoxy) is 2. The molecule has 0 aromatic carbocycles. The molecule has 0 aromatic rings. The SMILES string of the molecule is C=C[C@@H]1CN(CC(=O)N(CCOC(=O)CCCCCCC/C=C\C/C=C\CCCCC)CCOC(=O)CCCCCCC/C=C\C/C=C\CCCCC)C[C@H]1C. The molecule has 0 N–H and O–H groups in total. The van der Waals surface area contributed by atoms with Crippen LogP contribution in [0.2, 0.25) is 0 Å². The first kappa shape index (κ1) is 51.1. The molecule has 7 heteroatoms. The third-order valence-corrected chi connectivity index (χ3v) is 10.7. The molecule has 1 saturated heterocycles. The lowest BCUT2D eigenvalue weighted by Gasteiger charge is -2.25. The Morgan fingerprint density at radius 2 is 1.00 bits per heavy atom. The maximum absolute atomic E-state index is 13.4. The summed E-state index contributed by atoms with van der Waals surface area (Å²) in [6.07, 6.45) is 46.1. The van der Waals surface area contributed by atoms with Gasteiger partial charge in [-0.25, -0.2) is 0 Å². The Hall–Kier alpha value is -2.93. The van der Waals surface area contributed by atoms with Gasteiger partial charge in [-0.2, -0.15) is 0 Å². The fourth-order valence-corrected chi connectivity index (χ4v) is 7.03. The first-order chi connectivity index (χ1) is 27.4. The minimum absolute atomic E-state index is 0.0311. The van der Waals surface area contributed by atoms with E-state index >= 15 is 0 Å². The van der Waals surface area contributed by atoms with Gasteiger partial charge in [0.2, 0.25) is 5.91 Å². The largest absolute Gasteiger partial charge is 0.464 e. The highest BCUT2D eigenvalue weighted by Gasteiger charge is 2.29. The van der Waals surface area contributed by atoms with Crippen molar-refractivity contribution in [3.8, 4) is 0 Å². The minimum atomic E-state index is -0.214. The lowest BCUT2D eigenvalue weighted by atomic mass is 9.99. The van der Waals surface area contributed by atoms with Crippen molar-refractivity contribution >= 4 is 17.8 Å². The van der Waals surface area contributed by atoms with Crippen molar-refractivity contribution in [3.05, 3.63) is 61.3 Å². The number of carbonyl (C=O) groups is 3. The van der Waals surface area contributed by atoms with Crippen LogP contribution in [0.1, 0.15) is 175 Å². The summed E-state index contributed by atoms with van der Waals surface area (Å²) < 4.78 is 11.1. The number of unbranched alkanes of at least 4 members (excludes halogenated alkanes) is 16. The molecule has 1 amide bonds. The predicted molar refractivity (Wildman–Crippen MR) is 237 cm³/mol. The van der Waals surface area contributed by atoms with Crippen molar-refractivity contribution < 1.29 is 23.9 Å². The zero-order chi connectivity index (χ0) is 40.7. The summed E-state index contributed by atoms with van der Waals surface area (Å²) in [7, 11) is 0. The molecule has 1 aliphatic rings. The predicted octanol–water partition coefficient (Wildman–Crippen LogP) is 12.3. The fraction of sp³-hybridized carbons (Fsp3) is 0.735. The molecule has 1 aliphatic heterocycles. The molecule has 0 bridgehead atoms. The molecule has 0 aliphatic carbocycles. The van der Waals surface area contributed by atoms with Gasteiger partial charge in [-0.3, -0.25) is 19.3 Å². The third kappa shape index (κ3) is 30.2. The molecule has 0 spiro atoms. The second-order valence-electron chi connectivity index (χ2n) is 15.9. The zero-order valence-electron chi connectivity index (χ0n) is 36.4. The molecule has 1 heterocycles. The smallest absolute Gasteiger partial charge is 0.305 e. The number of nitrogens with zero attached hydrogens (tertiary/aromatic N) is 2. The Labute approximate surface area is 344 Å². The van der Waals surface area contributed by atoms with Crippen LogP contribution < -0.4 is 0 Å². The normalized spacial score (nSPS) is 16.2. The minimum Gasteiger partial charge on any atom is -0.464 e. The van der Waals surface area contributed by atoms with Gasteiger partial charge in [-0.1, -0.05) is 140 Å². The lowest BCUT2D eigenvalue weighted by Crippen LogP contribution is -2.43. The Morgan fingerprint density at radius 1 is 0.589 bits per heavy atom. The van der Waals surface area contributed by atoms with Gasteiger partial charge in [-0.15, -0.1) is 6.58 Å². The maximum atomic E-state index is 13.4. The molecule has 0 aromatic heterocycles. The van der Waals surface area contributed by atoms with E-state index in [-0.39, 0.29) is 31.1 Å². The molecule has 0 radical (unpaired) electrons. The first-order valence-electron chi connectivity index (χ1n) is 22.9. The zero-order valence-corrected chi connectivity index (χ0v) is 36.4. The van der Waals surface area contributed by atoms with Gasteiger partial charge >= 0.3 is 11.9 Å². The monoisotopic (exact) mass is 781 g/mol. The van der Waals surface area contributed by atoms with Crippen LogP contribution in [0.15, 0.2) is 61.3 Å². The first-order valence-corrected chi connectivity index (χ1v) is 22.9. The molecular weight excluding hydrogens is 697 g/mol. The highest BCUT2D eigenvalue weighted by Crippen LogP contribution is 2.23. The van der Waals surface area contributed by atoms with Gasteiger partial charge in [0.05, 0.1) is 19.6 Å². The van der Waals surface area contributed by atoms with Crippen molar-refractivity contribution in [2.24, 2.45) is 11.8 Å². The van der Waals surface area contributed by atoms with Crippen LogP contribution in [0.25, 0.3) is 0 Å². The van der Waals surface area contributed by atoms with E-state index in [0.29, 0.717) is 44.3 Å². The summed E-state index contributed by atoms with van der Waals surface area (Å²) in [4.78, 5) is 42.2. The Balaban J connectivity index is 2.26. The maximum Gasteiger partial charge on any atom is 0.305 e. The number of hydrogen-bond donors (Lipinski definition) is 0. The molecule has 1 fully saturated rings. The molecule has 320 valence electrons. The van der Waals surface area contributed by atoms with E-state index in [4.69, 9.17) is 9.47 Å². The van der Waals surface area contributed by atoms with E-state index in [1.807, 2.05) is 6.08 Å². The molecule has 56 heavy (non-hydrogen) atoms. The molecule has 1 rings (SSSR count). The van der Waals surface area contributed by atoms with Gasteiger partial charge in [0.1, 0.15) is 13.2 Å². The Kier molecular flexibility index (Phi) is 34.3. The number of hydrogen-bond acceptors (Lipinski definition) is 6. The van der Waals surface area contributed by atoms with Crippen LogP contribution in [-0.4, -0.2) is 73.6 Å². The number of amides is 1. The van der Waals surface area contributed by atoms with Crippen LogP contribution in [0.4, 0.5) is 0 Å². The number of allylic oxidation sites excluding steroid dienone is 8. The van der Waals surface area contributed by atoms with E-state index in [9.17, 15) is 14.4 Å². The standard InChI is InChI=1S/C49H84N2O5/c1-5-8-10-12-14-16-18-20-22-24-26-28-30-32-34-36-48(53)55-40-38-51(47(52)44-50-42-45(4)46(7-3)43-50)39-41-56-49(54)37-35-33-31-29-27-25-23-21-19-17-15-13-11-9-6-2/h7,14-17,20-23,45-46H,3,5-6,8-13,18-19,24-44H2,1-2,4H3/b16-14-,17-15-,22-20-,23-21-/t45-,46-/m1/s1. The average molecular weight is 781 g/mol. The topological polar surface area (TPSA) is 76.2 Å². The molecular formula is C49H84N2O5. The number of carbonyl (C=O) groups excluding carboxylic acids is 3. The van der Waals surface area contributed by atoms with Crippen molar-refractivity contribution in [2.75, 3.05) is 45.9 Å². The van der Waals surface area contributed by atoms with Crippen LogP contribution in [-0.2, 0) is 23.9 Å². The molecule has 0 saturated carbocycles. The summed E-state index contributed by atoms with van der Waals surface area (Å²) in [6, 6.07) is 0. The van der Waals surface area contributed by atoms with Crippen LogP contribution >= 0.6 is 0 Å². The van der Waals surface area contributed by atoms with E-state index in [0.717, 1.165) is 77.3 Å². The lowest BCUT2D eigenvalue weighted by molar-refractivity contribution is -0.148.